The number of hydrogen-bond acceptors (Lipinski definition) is 3. The van der Waals surface area contributed by atoms with Crippen LogP contribution in [0.1, 0.15) is 31.7 Å². The highest BCUT2D eigenvalue weighted by atomic mass is 16.5. The summed E-state index contributed by atoms with van der Waals surface area (Å²) in [6, 6.07) is 8.27. The van der Waals surface area contributed by atoms with Crippen LogP contribution in [-0.2, 0) is 6.54 Å². The molecule has 106 valence electrons. The fraction of sp³-hybridized carbons (Fsp3) is 0.625. The van der Waals surface area contributed by atoms with Gasteiger partial charge >= 0.3 is 0 Å². The smallest absolute Gasteiger partial charge is 0.123 e. The third kappa shape index (κ3) is 5.21. The van der Waals surface area contributed by atoms with E-state index in [1.54, 1.807) is 0 Å². The molecule has 0 radical (unpaired) electrons. The van der Waals surface area contributed by atoms with Crippen molar-refractivity contribution < 1.29 is 9.84 Å². The minimum absolute atomic E-state index is 0.233. The average molecular weight is 263 g/mol. The van der Waals surface area contributed by atoms with Gasteiger partial charge in [-0.25, -0.2) is 0 Å². The van der Waals surface area contributed by atoms with Crippen LogP contribution in [0.2, 0.25) is 0 Å². The summed E-state index contributed by atoms with van der Waals surface area (Å²) in [7, 11) is 2.08. The molecule has 0 aliphatic heterocycles. The SMILES string of the molecule is CC(O)CCN(C)Cc1ccccc1OCC1CC1. The van der Waals surface area contributed by atoms with Crippen molar-refractivity contribution in [3.05, 3.63) is 29.8 Å². The van der Waals surface area contributed by atoms with Gasteiger partial charge in [0.2, 0.25) is 0 Å². The second kappa shape index (κ2) is 6.92. The first-order valence-electron chi connectivity index (χ1n) is 7.22. The third-order valence-corrected chi connectivity index (χ3v) is 3.51. The van der Waals surface area contributed by atoms with Gasteiger partial charge in [0.25, 0.3) is 0 Å². The maximum atomic E-state index is 9.32. The molecule has 1 aromatic carbocycles. The minimum atomic E-state index is -0.233. The fourth-order valence-corrected chi connectivity index (χ4v) is 2.04. The lowest BCUT2D eigenvalue weighted by Gasteiger charge is -2.19. The Labute approximate surface area is 116 Å². The third-order valence-electron chi connectivity index (χ3n) is 3.51. The molecule has 0 bridgehead atoms. The molecule has 19 heavy (non-hydrogen) atoms. The Hall–Kier alpha value is -1.06. The van der Waals surface area contributed by atoms with Crippen LogP contribution >= 0.6 is 0 Å². The zero-order chi connectivity index (χ0) is 13.7. The molecule has 0 heterocycles. The van der Waals surface area contributed by atoms with Crippen LogP contribution in [0.15, 0.2) is 24.3 Å². The highest BCUT2D eigenvalue weighted by Gasteiger charge is 2.22. The number of nitrogens with zero attached hydrogens (tertiary/aromatic N) is 1. The van der Waals surface area contributed by atoms with Crippen molar-refractivity contribution in [3.63, 3.8) is 0 Å². The molecule has 1 atom stereocenters. The van der Waals surface area contributed by atoms with E-state index >= 15 is 0 Å². The summed E-state index contributed by atoms with van der Waals surface area (Å²) in [5.41, 5.74) is 1.23. The van der Waals surface area contributed by atoms with Crippen molar-refractivity contribution >= 4 is 0 Å². The number of ether oxygens (including phenoxy) is 1. The van der Waals surface area contributed by atoms with Crippen LogP contribution in [0.5, 0.6) is 5.75 Å². The number of benzene rings is 1. The Morgan fingerprint density at radius 2 is 2.11 bits per heavy atom. The van der Waals surface area contributed by atoms with Gasteiger partial charge in [0.1, 0.15) is 5.75 Å². The average Bonchev–Trinajstić information content (AvgIpc) is 3.19. The van der Waals surface area contributed by atoms with Gasteiger partial charge in [0.05, 0.1) is 12.7 Å². The second-order valence-corrected chi connectivity index (χ2v) is 5.74. The number of para-hydroxylation sites is 1. The van der Waals surface area contributed by atoms with Crippen LogP contribution < -0.4 is 4.74 Å². The summed E-state index contributed by atoms with van der Waals surface area (Å²) in [4.78, 5) is 2.23. The fourth-order valence-electron chi connectivity index (χ4n) is 2.04. The van der Waals surface area contributed by atoms with Gasteiger partial charge in [-0.15, -0.1) is 0 Å². The molecule has 0 spiro atoms. The van der Waals surface area contributed by atoms with Gasteiger partial charge < -0.3 is 14.7 Å². The van der Waals surface area contributed by atoms with Crippen molar-refractivity contribution in [2.45, 2.75) is 38.8 Å². The standard InChI is InChI=1S/C16H25NO2/c1-13(18)9-10-17(2)11-15-5-3-4-6-16(15)19-12-14-7-8-14/h3-6,13-14,18H,7-12H2,1-2H3. The second-order valence-electron chi connectivity index (χ2n) is 5.74. The molecule has 1 aliphatic carbocycles. The minimum Gasteiger partial charge on any atom is -0.493 e. The Morgan fingerprint density at radius 1 is 1.37 bits per heavy atom. The normalized spacial score (nSPS) is 16.6. The van der Waals surface area contributed by atoms with E-state index in [1.165, 1.54) is 18.4 Å². The zero-order valence-electron chi connectivity index (χ0n) is 12.0. The van der Waals surface area contributed by atoms with E-state index in [0.717, 1.165) is 37.8 Å². The van der Waals surface area contributed by atoms with Gasteiger partial charge in [-0.3, -0.25) is 0 Å². The molecule has 1 saturated carbocycles. The summed E-state index contributed by atoms with van der Waals surface area (Å²) in [5.74, 6) is 1.79. The van der Waals surface area contributed by atoms with E-state index in [4.69, 9.17) is 4.74 Å². The van der Waals surface area contributed by atoms with E-state index in [9.17, 15) is 5.11 Å². The first-order valence-corrected chi connectivity index (χ1v) is 7.22. The molecule has 0 saturated heterocycles. The quantitative estimate of drug-likeness (QED) is 0.782. The van der Waals surface area contributed by atoms with Crippen molar-refractivity contribution in [1.82, 2.24) is 4.90 Å². The first-order chi connectivity index (χ1) is 9.15. The predicted octanol–water partition coefficient (Wildman–Crippen LogP) is 2.68. The maximum Gasteiger partial charge on any atom is 0.123 e. The van der Waals surface area contributed by atoms with Crippen molar-refractivity contribution in [2.24, 2.45) is 5.92 Å². The summed E-state index contributed by atoms with van der Waals surface area (Å²) in [6.45, 7) is 4.46. The van der Waals surface area contributed by atoms with Gasteiger partial charge in [-0.2, -0.15) is 0 Å². The summed E-state index contributed by atoms with van der Waals surface area (Å²) in [5, 5.41) is 9.32. The van der Waals surface area contributed by atoms with Crippen molar-refractivity contribution in [1.29, 1.82) is 0 Å². The molecule has 0 aromatic heterocycles. The number of hydrogen-bond donors (Lipinski definition) is 1. The number of aliphatic hydroxyl groups excluding tert-OH is 1. The van der Waals surface area contributed by atoms with E-state index in [0.29, 0.717) is 0 Å². The Kier molecular flexibility index (Phi) is 5.23. The summed E-state index contributed by atoms with van der Waals surface area (Å²) < 4.78 is 5.91. The maximum absolute atomic E-state index is 9.32. The Balaban J connectivity index is 1.86. The molecular weight excluding hydrogens is 238 g/mol. The molecule has 0 amide bonds. The largest absolute Gasteiger partial charge is 0.493 e. The summed E-state index contributed by atoms with van der Waals surface area (Å²) >= 11 is 0. The zero-order valence-corrected chi connectivity index (χ0v) is 12.0. The molecule has 1 aliphatic rings. The van der Waals surface area contributed by atoms with Gasteiger partial charge in [-0.05, 0) is 45.2 Å². The predicted molar refractivity (Wildman–Crippen MR) is 77.3 cm³/mol. The lowest BCUT2D eigenvalue weighted by molar-refractivity contribution is 0.162. The molecule has 1 aromatic rings. The highest BCUT2D eigenvalue weighted by molar-refractivity contribution is 5.33. The molecule has 2 rings (SSSR count). The highest BCUT2D eigenvalue weighted by Crippen LogP contribution is 2.30. The number of rotatable bonds is 8. The van der Waals surface area contributed by atoms with Gasteiger partial charge in [-0.1, -0.05) is 18.2 Å². The van der Waals surface area contributed by atoms with Gasteiger partial charge in [0.15, 0.2) is 0 Å². The van der Waals surface area contributed by atoms with Gasteiger partial charge in [0, 0.05) is 18.7 Å². The molecule has 1 fully saturated rings. The topological polar surface area (TPSA) is 32.7 Å². The van der Waals surface area contributed by atoms with E-state index in [-0.39, 0.29) is 6.10 Å². The van der Waals surface area contributed by atoms with Crippen molar-refractivity contribution in [3.8, 4) is 5.75 Å². The monoisotopic (exact) mass is 263 g/mol. The number of aliphatic hydroxyl groups is 1. The van der Waals surface area contributed by atoms with Crippen LogP contribution in [-0.4, -0.2) is 36.3 Å². The molecule has 1 N–H and O–H groups in total. The lowest BCUT2D eigenvalue weighted by Crippen LogP contribution is -2.22. The van der Waals surface area contributed by atoms with Crippen LogP contribution in [0.25, 0.3) is 0 Å². The molecule has 3 nitrogen and oxygen atoms in total. The van der Waals surface area contributed by atoms with Crippen LogP contribution in [0.4, 0.5) is 0 Å². The van der Waals surface area contributed by atoms with E-state index in [1.807, 2.05) is 13.0 Å². The van der Waals surface area contributed by atoms with Crippen LogP contribution in [0, 0.1) is 5.92 Å². The van der Waals surface area contributed by atoms with E-state index in [2.05, 4.69) is 30.1 Å². The lowest BCUT2D eigenvalue weighted by atomic mass is 10.2. The molecular formula is C16H25NO2. The summed E-state index contributed by atoms with van der Waals surface area (Å²) in [6.07, 6.45) is 3.21. The van der Waals surface area contributed by atoms with Crippen molar-refractivity contribution in [2.75, 3.05) is 20.2 Å². The van der Waals surface area contributed by atoms with Crippen LogP contribution in [0.3, 0.4) is 0 Å². The molecule has 1 unspecified atom stereocenters. The first kappa shape index (κ1) is 14.4. The molecule has 3 heteroatoms. The van der Waals surface area contributed by atoms with E-state index < -0.39 is 0 Å². The Bertz CT molecular complexity index is 388. The Morgan fingerprint density at radius 3 is 2.79 bits per heavy atom.